The number of anilines is 2. The number of nitrogens with one attached hydrogen (secondary N) is 2. The van der Waals surface area contributed by atoms with Crippen LogP contribution in [0.15, 0.2) is 86.2 Å². The highest BCUT2D eigenvalue weighted by molar-refractivity contribution is 6.66. The first kappa shape index (κ1) is 55.5. The smallest absolute Gasteiger partial charge is 0.244 e. The first-order valence-corrected chi connectivity index (χ1v) is 24.1. The zero-order valence-electron chi connectivity index (χ0n) is 38.7. The summed E-state index contributed by atoms with van der Waals surface area (Å²) < 4.78 is 21.5. The lowest BCUT2D eigenvalue weighted by Gasteiger charge is -2.31. The van der Waals surface area contributed by atoms with Crippen LogP contribution in [0.25, 0.3) is 44.1 Å². The van der Waals surface area contributed by atoms with Crippen molar-refractivity contribution in [3.05, 3.63) is 106 Å². The summed E-state index contributed by atoms with van der Waals surface area (Å²) in [5, 5.41) is 9.73. The number of aromatic nitrogens is 4. The molecule has 70 heavy (non-hydrogen) atoms. The predicted molar refractivity (Wildman–Crippen MR) is 287 cm³/mol. The maximum absolute atomic E-state index is 11.9. The third-order valence-electron chi connectivity index (χ3n) is 12.1. The Morgan fingerprint density at radius 2 is 1.04 bits per heavy atom. The first-order chi connectivity index (χ1) is 33.2. The standard InChI is InChI=1S/C26H27Cl2N3O3.C22H24Cl2N4O2.C3H3ClO.CH4/c1-4-18(32)12-15-7-5-6-8-19(15)30-26-29-14-17-11-16(9-10-20(17)31-26)23-24(27)21(33-2)13-22(34-3)25(23)28;1-29-17-10-18(30-2)21(24)19(20(17)23)12-7-8-15-13(9-12)11-26-22(27-15)28-16-6-4-3-5-14(16)25;1-2-3(4)5;/h4,9-11,13-15,19H,1,5-8,12H2,2-3H3,(H,29,30,31);7-11,14,16H,3-6,25H2,1-2H3,(H,26,27,28);2H,1H2;1H4/t15-,19-;14-,16+;;/m10../s1. The Morgan fingerprint density at radius 3 is 1.44 bits per heavy atom. The van der Waals surface area contributed by atoms with Gasteiger partial charge in [0, 0.05) is 71.0 Å². The molecule has 2 aromatic heterocycles. The van der Waals surface area contributed by atoms with E-state index in [0.717, 1.165) is 77.5 Å². The molecule has 2 aliphatic rings. The van der Waals surface area contributed by atoms with Gasteiger partial charge in [-0.25, -0.2) is 19.9 Å². The summed E-state index contributed by atoms with van der Waals surface area (Å²) in [6.45, 7) is 6.68. The van der Waals surface area contributed by atoms with E-state index < -0.39 is 5.24 Å². The number of hydrogen-bond donors (Lipinski definition) is 3. The van der Waals surface area contributed by atoms with E-state index in [0.29, 0.717) is 72.5 Å². The normalized spacial score (nSPS) is 17.3. The van der Waals surface area contributed by atoms with Crippen LogP contribution in [0.5, 0.6) is 23.0 Å². The molecular weight excluding hydrogens is 996 g/mol. The monoisotopic (exact) mass is 1050 g/mol. The highest BCUT2D eigenvalue weighted by Gasteiger charge is 2.28. The van der Waals surface area contributed by atoms with Crippen molar-refractivity contribution in [2.24, 2.45) is 11.7 Å². The molecule has 0 amide bonds. The highest BCUT2D eigenvalue weighted by Crippen LogP contribution is 2.48. The first-order valence-electron chi connectivity index (χ1n) is 22.2. The molecule has 2 aliphatic carbocycles. The number of ketones is 1. The molecule has 4 N–H and O–H groups in total. The van der Waals surface area contributed by atoms with E-state index in [4.69, 9.17) is 87.7 Å². The molecule has 0 bridgehead atoms. The average Bonchev–Trinajstić information content (AvgIpc) is 3.36. The largest absolute Gasteiger partial charge is 0.495 e. The van der Waals surface area contributed by atoms with Crippen LogP contribution in [-0.4, -0.2) is 77.5 Å². The zero-order valence-corrected chi connectivity index (χ0v) is 42.5. The summed E-state index contributed by atoms with van der Waals surface area (Å²) in [5.41, 5.74) is 10.8. The lowest BCUT2D eigenvalue weighted by atomic mass is 9.81. The number of allylic oxidation sites excluding steroid dienone is 2. The Bertz CT molecular complexity index is 2780. The highest BCUT2D eigenvalue weighted by atomic mass is 35.5. The van der Waals surface area contributed by atoms with E-state index >= 15 is 0 Å². The summed E-state index contributed by atoms with van der Waals surface area (Å²) in [5.74, 6) is 3.43. The predicted octanol–water partition coefficient (Wildman–Crippen LogP) is 13.6. The summed E-state index contributed by atoms with van der Waals surface area (Å²) in [6, 6.07) is 15.4. The van der Waals surface area contributed by atoms with Crippen molar-refractivity contribution in [3.63, 3.8) is 0 Å². The molecule has 0 saturated heterocycles. The number of ether oxygens (including phenoxy) is 4. The minimum absolute atomic E-state index is 0. The van der Waals surface area contributed by atoms with Gasteiger partial charge in [0.15, 0.2) is 5.78 Å². The van der Waals surface area contributed by atoms with E-state index in [9.17, 15) is 9.59 Å². The van der Waals surface area contributed by atoms with Crippen molar-refractivity contribution in [1.82, 2.24) is 19.9 Å². The van der Waals surface area contributed by atoms with E-state index in [1.54, 1.807) is 53.0 Å². The Balaban J connectivity index is 0.000000236. The molecule has 0 spiro atoms. The van der Waals surface area contributed by atoms with Gasteiger partial charge in [0.05, 0.1) is 59.6 Å². The Morgan fingerprint density at radius 1 is 0.643 bits per heavy atom. The SMILES string of the molecule is C.C=CC(=O)C[C@H]1CCCC[C@H]1Nc1ncc2cc(-c3c(Cl)c(OC)cc(OC)c3Cl)ccc2n1.C=CC(=O)Cl.COc1cc(OC)c(Cl)c(-c2ccc3nc(N[C@@H]4CCCC[C@@H]4N)ncc3c2)c1Cl. The van der Waals surface area contributed by atoms with Gasteiger partial charge in [0.25, 0.3) is 0 Å². The fourth-order valence-electron chi connectivity index (χ4n) is 8.45. The van der Waals surface area contributed by atoms with Gasteiger partial charge in [-0.2, -0.15) is 0 Å². The fourth-order valence-corrected chi connectivity index (χ4v) is 9.89. The Hall–Kier alpha value is -5.41. The van der Waals surface area contributed by atoms with Gasteiger partial charge in [-0.1, -0.05) is 105 Å². The molecule has 4 aromatic carbocycles. The van der Waals surface area contributed by atoms with Gasteiger partial charge in [-0.05, 0) is 90.7 Å². The van der Waals surface area contributed by atoms with Gasteiger partial charge in [0.2, 0.25) is 17.1 Å². The second-order valence-electron chi connectivity index (χ2n) is 16.4. The van der Waals surface area contributed by atoms with E-state index in [2.05, 4.69) is 38.7 Å². The number of halogens is 5. The van der Waals surface area contributed by atoms with Gasteiger partial charge >= 0.3 is 0 Å². The number of carbonyl (C=O) groups excluding carboxylic acids is 2. The van der Waals surface area contributed by atoms with Crippen LogP contribution in [0.2, 0.25) is 20.1 Å². The van der Waals surface area contributed by atoms with E-state index in [1.807, 2.05) is 36.4 Å². The topological polar surface area (TPSA) is 173 Å². The quantitative estimate of drug-likeness (QED) is 0.0695. The number of benzene rings is 4. The molecular formula is C52H58Cl5N7O6. The molecule has 0 radical (unpaired) electrons. The van der Waals surface area contributed by atoms with Crippen molar-refractivity contribution in [3.8, 4) is 45.3 Å². The summed E-state index contributed by atoms with van der Waals surface area (Å²) in [6.07, 6.45) is 15.2. The number of nitrogens with two attached hydrogens (primary N) is 1. The summed E-state index contributed by atoms with van der Waals surface area (Å²) in [7, 11) is 6.20. The molecule has 0 aliphatic heterocycles. The van der Waals surface area contributed by atoms with Crippen molar-refractivity contribution in [1.29, 1.82) is 0 Å². The van der Waals surface area contributed by atoms with Crippen LogP contribution >= 0.6 is 58.0 Å². The molecule has 372 valence electrons. The van der Waals surface area contributed by atoms with Crippen molar-refractivity contribution in [2.75, 3.05) is 39.1 Å². The second-order valence-corrected chi connectivity index (χ2v) is 18.3. The molecule has 8 rings (SSSR count). The molecule has 0 unspecified atom stereocenters. The second kappa shape index (κ2) is 26.2. The summed E-state index contributed by atoms with van der Waals surface area (Å²) in [4.78, 5) is 39.8. The number of methoxy groups -OCH3 is 4. The molecule has 6 aromatic rings. The molecule has 4 atom stereocenters. The maximum atomic E-state index is 11.9. The number of carbonyl (C=O) groups is 2. The van der Waals surface area contributed by atoms with Crippen LogP contribution in [-0.2, 0) is 9.59 Å². The molecule has 18 heteroatoms. The van der Waals surface area contributed by atoms with Crippen LogP contribution in [0.4, 0.5) is 11.9 Å². The Kier molecular flexibility index (Phi) is 20.7. The van der Waals surface area contributed by atoms with Crippen LogP contribution < -0.4 is 35.3 Å². The van der Waals surface area contributed by atoms with Crippen LogP contribution in [0.1, 0.15) is 65.2 Å². The summed E-state index contributed by atoms with van der Waals surface area (Å²) >= 11 is 31.0. The van der Waals surface area contributed by atoms with Gasteiger partial charge in [-0.15, -0.1) is 0 Å². The van der Waals surface area contributed by atoms with E-state index in [-0.39, 0.29) is 37.3 Å². The minimum atomic E-state index is -0.509. The zero-order chi connectivity index (χ0) is 49.8. The fraction of sp³-hybridized carbons (Fsp3) is 0.346. The van der Waals surface area contributed by atoms with Crippen LogP contribution in [0, 0.1) is 5.92 Å². The Labute approximate surface area is 434 Å². The average molecular weight is 1050 g/mol. The van der Waals surface area contributed by atoms with Crippen molar-refractivity contribution < 1.29 is 28.5 Å². The number of fused-ring (bicyclic) bond motifs is 2. The van der Waals surface area contributed by atoms with E-state index in [1.165, 1.54) is 18.9 Å². The lowest BCUT2D eigenvalue weighted by Crippen LogP contribution is -2.42. The molecule has 2 fully saturated rings. The maximum Gasteiger partial charge on any atom is 0.244 e. The lowest BCUT2D eigenvalue weighted by molar-refractivity contribution is -0.115. The van der Waals surface area contributed by atoms with Crippen LogP contribution in [0.3, 0.4) is 0 Å². The molecule has 13 nitrogen and oxygen atoms in total. The number of hydrogen-bond acceptors (Lipinski definition) is 13. The van der Waals surface area contributed by atoms with Crippen molar-refractivity contribution in [2.45, 2.75) is 83.3 Å². The number of rotatable bonds is 14. The molecule has 2 saturated carbocycles. The van der Waals surface area contributed by atoms with Gasteiger partial charge in [0.1, 0.15) is 23.0 Å². The third kappa shape index (κ3) is 13.5. The van der Waals surface area contributed by atoms with Gasteiger partial charge in [-0.3, -0.25) is 9.59 Å². The minimum Gasteiger partial charge on any atom is -0.495 e. The van der Waals surface area contributed by atoms with Gasteiger partial charge < -0.3 is 35.3 Å². The third-order valence-corrected chi connectivity index (χ3v) is 13.7. The number of nitrogens with zero attached hydrogens (tertiary/aromatic N) is 4. The molecule has 2 heterocycles. The van der Waals surface area contributed by atoms with Crippen molar-refractivity contribution >= 4 is 103 Å².